The third-order valence-electron chi connectivity index (χ3n) is 2.35. The molecule has 0 aromatic rings. The molecule has 1 unspecified atom stereocenters. The number of hydrogen-bond acceptors (Lipinski definition) is 6. The van der Waals surface area contributed by atoms with Gasteiger partial charge >= 0.3 is 9.05 Å². The lowest BCUT2D eigenvalue weighted by atomic mass is 10.4. The van der Waals surface area contributed by atoms with Gasteiger partial charge in [0.05, 0.1) is 13.2 Å². The fourth-order valence-electron chi connectivity index (χ4n) is 1.30. The Morgan fingerprint density at radius 1 is 1.00 bits per heavy atom. The van der Waals surface area contributed by atoms with Crippen LogP contribution >= 0.6 is 0 Å². The Bertz CT molecular complexity index is 196. The Labute approximate surface area is 123 Å². The van der Waals surface area contributed by atoms with Crippen molar-refractivity contribution in [1.29, 1.82) is 0 Å². The largest absolute Gasteiger partial charge is 0.679 e. The van der Waals surface area contributed by atoms with Crippen LogP contribution in [-0.4, -0.2) is 59.9 Å². The minimum atomic E-state index is -2.83. The van der Waals surface area contributed by atoms with Gasteiger partial charge in [0.1, 0.15) is 6.10 Å². The van der Waals surface area contributed by atoms with Crippen molar-refractivity contribution in [3.63, 3.8) is 0 Å². The Balaban J connectivity index is 0.000000595. The van der Waals surface area contributed by atoms with E-state index < -0.39 is 9.05 Å². The molecule has 20 heavy (non-hydrogen) atoms. The van der Waals surface area contributed by atoms with Crippen molar-refractivity contribution in [2.24, 2.45) is 0 Å². The van der Waals surface area contributed by atoms with Gasteiger partial charge in [-0.15, -0.1) is 0 Å². The van der Waals surface area contributed by atoms with Crippen LogP contribution in [0.25, 0.3) is 0 Å². The molecule has 0 saturated carbocycles. The van der Waals surface area contributed by atoms with E-state index in [0.717, 1.165) is 19.4 Å². The third-order valence-corrected chi connectivity index (χ3v) is 4.83. The first kappa shape index (κ1) is 20.0. The Morgan fingerprint density at radius 2 is 1.50 bits per heavy atom. The van der Waals surface area contributed by atoms with E-state index in [9.17, 15) is 0 Å². The molecule has 1 aliphatic heterocycles. The summed E-state index contributed by atoms with van der Waals surface area (Å²) in [4.78, 5) is 0. The highest BCUT2D eigenvalue weighted by atomic mass is 28.4. The van der Waals surface area contributed by atoms with Gasteiger partial charge in [0.15, 0.2) is 0 Å². The third kappa shape index (κ3) is 9.81. The highest BCUT2D eigenvalue weighted by Crippen LogP contribution is 2.12. The molecule has 0 aromatic heterocycles. The van der Waals surface area contributed by atoms with E-state index in [0.29, 0.717) is 26.4 Å². The molecule has 0 aromatic carbocycles. The Kier molecular flexibility index (Phi) is 12.7. The maximum Gasteiger partial charge on any atom is 0.679 e. The molecular weight excluding hydrogens is 280 g/mol. The average Bonchev–Trinajstić information content (AvgIpc) is 3.25. The average molecular weight is 310 g/mol. The van der Waals surface area contributed by atoms with Crippen LogP contribution in [0.2, 0.25) is 0 Å². The van der Waals surface area contributed by atoms with Gasteiger partial charge in [-0.3, -0.25) is 0 Å². The molecule has 122 valence electrons. The summed E-state index contributed by atoms with van der Waals surface area (Å²) >= 11 is 0. The summed E-state index contributed by atoms with van der Waals surface area (Å²) in [6, 6.07) is 0. The summed E-state index contributed by atoms with van der Waals surface area (Å²) in [6.07, 6.45) is 2.28. The van der Waals surface area contributed by atoms with Crippen molar-refractivity contribution in [3.8, 4) is 0 Å². The minimum absolute atomic E-state index is 0.190. The zero-order chi connectivity index (χ0) is 15.3. The summed E-state index contributed by atoms with van der Waals surface area (Å²) in [5, 5.41) is 8.08. The summed E-state index contributed by atoms with van der Waals surface area (Å²) in [5.41, 5.74) is 0. The van der Waals surface area contributed by atoms with Gasteiger partial charge in [0, 0.05) is 26.4 Å². The standard InChI is InChI=1S/C10H24O4Si.C3H6O2/c1-5-9-10-14-15(11-6-2,12-7-3)13-8-4;4-1-3-2-5-3/h5-10H2,1-4H3;3-4H,1-2H2. The van der Waals surface area contributed by atoms with Crippen molar-refractivity contribution < 1.29 is 27.5 Å². The number of aliphatic hydroxyl groups is 1. The Morgan fingerprint density at radius 3 is 1.75 bits per heavy atom. The molecule has 0 bridgehead atoms. The lowest BCUT2D eigenvalue weighted by molar-refractivity contribution is -0.0278. The first-order chi connectivity index (χ1) is 9.67. The fourth-order valence-corrected chi connectivity index (χ4v) is 3.25. The molecule has 0 radical (unpaired) electrons. The highest BCUT2D eigenvalue weighted by molar-refractivity contribution is 6.53. The van der Waals surface area contributed by atoms with Crippen molar-refractivity contribution >= 4 is 9.05 Å². The second kappa shape index (κ2) is 12.7. The lowest BCUT2D eigenvalue weighted by Crippen LogP contribution is -2.49. The maximum absolute atomic E-state index is 8.08. The van der Waals surface area contributed by atoms with Crippen molar-refractivity contribution in [3.05, 3.63) is 0 Å². The number of aliphatic hydroxyl groups excluding tert-OH is 1. The van der Waals surface area contributed by atoms with Crippen LogP contribution in [-0.2, 0) is 22.4 Å². The molecule has 1 saturated heterocycles. The van der Waals surface area contributed by atoms with Gasteiger partial charge in [-0.2, -0.15) is 0 Å². The van der Waals surface area contributed by atoms with Crippen LogP contribution in [0.4, 0.5) is 0 Å². The molecule has 1 rings (SSSR count). The molecule has 1 heterocycles. The SMILES string of the molecule is CCCCO[Si](OCC)(OCC)OCC.OCC1CO1. The van der Waals surface area contributed by atoms with Gasteiger partial charge in [-0.1, -0.05) is 13.3 Å². The van der Waals surface area contributed by atoms with Gasteiger partial charge in [0.25, 0.3) is 0 Å². The molecule has 0 aliphatic carbocycles. The minimum Gasteiger partial charge on any atom is -0.394 e. The zero-order valence-electron chi connectivity index (χ0n) is 13.2. The second-order valence-corrected chi connectivity index (χ2v) is 6.29. The summed E-state index contributed by atoms with van der Waals surface area (Å²) in [7, 11) is -2.83. The van der Waals surface area contributed by atoms with Crippen molar-refractivity contribution in [1.82, 2.24) is 0 Å². The van der Waals surface area contributed by atoms with Crippen molar-refractivity contribution in [2.75, 3.05) is 39.6 Å². The monoisotopic (exact) mass is 310 g/mol. The molecule has 0 spiro atoms. The number of epoxide rings is 1. The molecule has 7 heteroatoms. The summed E-state index contributed by atoms with van der Waals surface area (Å²) in [6.45, 7) is 11.1. The molecule has 6 nitrogen and oxygen atoms in total. The lowest BCUT2D eigenvalue weighted by Gasteiger charge is -2.26. The summed E-state index contributed by atoms with van der Waals surface area (Å²) < 4.78 is 26.9. The van der Waals surface area contributed by atoms with E-state index in [-0.39, 0.29) is 12.7 Å². The topological polar surface area (TPSA) is 69.7 Å². The molecular formula is C13H30O6Si. The molecule has 1 aliphatic rings. The quantitative estimate of drug-likeness (QED) is 0.356. The van der Waals surface area contributed by atoms with Crippen LogP contribution in [0.1, 0.15) is 40.5 Å². The smallest absolute Gasteiger partial charge is 0.394 e. The van der Waals surface area contributed by atoms with E-state index in [1.807, 2.05) is 20.8 Å². The van der Waals surface area contributed by atoms with Gasteiger partial charge in [-0.05, 0) is 27.2 Å². The van der Waals surface area contributed by atoms with Crippen LogP contribution < -0.4 is 0 Å². The van der Waals surface area contributed by atoms with Crippen molar-refractivity contribution in [2.45, 2.75) is 46.6 Å². The van der Waals surface area contributed by atoms with Gasteiger partial charge < -0.3 is 27.5 Å². The second-order valence-electron chi connectivity index (χ2n) is 4.14. The van der Waals surface area contributed by atoms with E-state index in [1.165, 1.54) is 0 Å². The molecule has 1 atom stereocenters. The highest BCUT2D eigenvalue weighted by Gasteiger charge is 2.44. The first-order valence-electron chi connectivity index (χ1n) is 7.46. The predicted octanol–water partition coefficient (Wildman–Crippen LogP) is 1.73. The van der Waals surface area contributed by atoms with Gasteiger partial charge in [-0.25, -0.2) is 0 Å². The molecule has 0 amide bonds. The predicted molar refractivity (Wildman–Crippen MR) is 78.3 cm³/mol. The van der Waals surface area contributed by atoms with Crippen LogP contribution in [0, 0.1) is 0 Å². The molecule has 1 N–H and O–H groups in total. The van der Waals surface area contributed by atoms with Crippen LogP contribution in [0.15, 0.2) is 0 Å². The Hall–Kier alpha value is -0.0231. The van der Waals surface area contributed by atoms with Crippen LogP contribution in [0.5, 0.6) is 0 Å². The molecule has 1 fully saturated rings. The van der Waals surface area contributed by atoms with E-state index >= 15 is 0 Å². The zero-order valence-corrected chi connectivity index (χ0v) is 14.2. The van der Waals surface area contributed by atoms with E-state index in [2.05, 4.69) is 11.7 Å². The maximum atomic E-state index is 8.08. The van der Waals surface area contributed by atoms with Gasteiger partial charge in [0.2, 0.25) is 0 Å². The number of unbranched alkanes of at least 4 members (excludes halogenated alkanes) is 1. The fraction of sp³-hybridized carbons (Fsp3) is 1.00. The number of ether oxygens (including phenoxy) is 1. The van der Waals surface area contributed by atoms with Crippen LogP contribution in [0.3, 0.4) is 0 Å². The van der Waals surface area contributed by atoms with E-state index in [1.54, 1.807) is 0 Å². The number of hydrogen-bond donors (Lipinski definition) is 1. The first-order valence-corrected chi connectivity index (χ1v) is 9.09. The normalized spacial score (nSPS) is 17.6. The summed E-state index contributed by atoms with van der Waals surface area (Å²) in [5.74, 6) is 0. The van der Waals surface area contributed by atoms with E-state index in [4.69, 9.17) is 22.8 Å². The number of rotatable bonds is 11.